The lowest BCUT2D eigenvalue weighted by atomic mass is 10.3. The van der Waals surface area contributed by atoms with Crippen molar-refractivity contribution in [1.82, 2.24) is 15.0 Å². The lowest BCUT2D eigenvalue weighted by molar-refractivity contribution is 0.568. The Balaban J connectivity index is 2.31. The highest BCUT2D eigenvalue weighted by Crippen LogP contribution is 2.38. The highest BCUT2D eigenvalue weighted by molar-refractivity contribution is 7.98. The van der Waals surface area contributed by atoms with Crippen molar-refractivity contribution >= 4 is 27.5 Å². The Morgan fingerprint density at radius 3 is 2.48 bits per heavy atom. The van der Waals surface area contributed by atoms with Crippen molar-refractivity contribution in [1.29, 1.82) is 5.26 Å². The molecule has 1 aromatic heterocycles. The molecule has 1 saturated carbocycles. The summed E-state index contributed by atoms with van der Waals surface area (Å²) in [5.41, 5.74) is 0. The van der Waals surface area contributed by atoms with E-state index in [0.717, 1.165) is 19.0 Å². The van der Waals surface area contributed by atoms with E-state index in [2.05, 4.69) is 20.3 Å². The van der Waals surface area contributed by atoms with Gasteiger partial charge in [0, 0.05) is 12.1 Å². The maximum Gasteiger partial charge on any atom is 0.231 e. The van der Waals surface area contributed by atoms with Gasteiger partial charge >= 0.3 is 0 Å². The molecule has 0 amide bonds. The number of thioether (sulfide) groups is 1. The SMILES string of the molecule is CSc1nc(NC=C(C#N)S(=O)(=O)C(C)(C)C)nc(C2CC2)n1. The van der Waals surface area contributed by atoms with Gasteiger partial charge < -0.3 is 5.32 Å². The topological polar surface area (TPSA) is 109 Å². The zero-order valence-electron chi connectivity index (χ0n) is 13.5. The van der Waals surface area contributed by atoms with Crippen molar-refractivity contribution < 1.29 is 8.42 Å². The Morgan fingerprint density at radius 2 is 2.00 bits per heavy atom. The fourth-order valence-electron chi connectivity index (χ4n) is 1.68. The van der Waals surface area contributed by atoms with Crippen LogP contribution in [-0.2, 0) is 9.84 Å². The van der Waals surface area contributed by atoms with Crippen LogP contribution in [0, 0.1) is 11.3 Å². The third-order valence-corrected chi connectivity index (χ3v) is 6.24. The first kappa shape index (κ1) is 17.7. The molecule has 1 aliphatic carbocycles. The second-order valence-corrected chi connectivity index (χ2v) is 9.60. The molecule has 1 fully saturated rings. The number of nitriles is 1. The summed E-state index contributed by atoms with van der Waals surface area (Å²) in [5.74, 6) is 1.31. The fraction of sp³-hybridized carbons (Fsp3) is 0.571. The van der Waals surface area contributed by atoms with Gasteiger partial charge in [-0.25, -0.2) is 13.4 Å². The van der Waals surface area contributed by atoms with Crippen LogP contribution in [0.1, 0.15) is 45.4 Å². The first-order chi connectivity index (χ1) is 10.7. The summed E-state index contributed by atoms with van der Waals surface area (Å²) in [6.07, 6.45) is 5.11. The van der Waals surface area contributed by atoms with Gasteiger partial charge in [0.05, 0.1) is 4.75 Å². The van der Waals surface area contributed by atoms with Crippen LogP contribution in [0.3, 0.4) is 0 Å². The third kappa shape index (κ3) is 4.00. The van der Waals surface area contributed by atoms with Gasteiger partial charge in [-0.1, -0.05) is 11.8 Å². The van der Waals surface area contributed by atoms with Gasteiger partial charge in [-0.15, -0.1) is 0 Å². The Bertz CT molecular complexity index is 771. The molecule has 7 nitrogen and oxygen atoms in total. The number of allylic oxidation sites excluding steroid dienone is 1. The Labute approximate surface area is 140 Å². The molecule has 0 aliphatic heterocycles. The van der Waals surface area contributed by atoms with E-state index in [9.17, 15) is 8.42 Å². The number of rotatable bonds is 5. The first-order valence-electron chi connectivity index (χ1n) is 7.10. The molecule has 1 heterocycles. The van der Waals surface area contributed by atoms with E-state index in [4.69, 9.17) is 5.26 Å². The number of anilines is 1. The zero-order valence-corrected chi connectivity index (χ0v) is 15.1. The smallest absolute Gasteiger partial charge is 0.231 e. The summed E-state index contributed by atoms with van der Waals surface area (Å²) in [7, 11) is -3.73. The van der Waals surface area contributed by atoms with Crippen LogP contribution >= 0.6 is 11.8 Å². The average molecular weight is 353 g/mol. The highest BCUT2D eigenvalue weighted by Gasteiger charge is 2.33. The molecule has 0 unspecified atom stereocenters. The maximum absolute atomic E-state index is 12.3. The van der Waals surface area contributed by atoms with Gasteiger partial charge in [-0.2, -0.15) is 15.2 Å². The molecule has 23 heavy (non-hydrogen) atoms. The van der Waals surface area contributed by atoms with Gasteiger partial charge in [0.1, 0.15) is 11.9 Å². The van der Waals surface area contributed by atoms with Gasteiger partial charge in [0.25, 0.3) is 0 Å². The van der Waals surface area contributed by atoms with Gasteiger partial charge in [-0.3, -0.25) is 0 Å². The van der Waals surface area contributed by atoms with E-state index in [0.29, 0.717) is 16.9 Å². The second kappa shape index (κ2) is 6.45. The molecular formula is C14H19N5O2S2. The molecular weight excluding hydrogens is 334 g/mol. The summed E-state index contributed by atoms with van der Waals surface area (Å²) in [6.45, 7) is 4.65. The van der Waals surface area contributed by atoms with Crippen molar-refractivity contribution in [2.75, 3.05) is 11.6 Å². The minimum atomic E-state index is -3.73. The minimum Gasteiger partial charge on any atom is -0.329 e. The van der Waals surface area contributed by atoms with Crippen LogP contribution < -0.4 is 5.32 Å². The summed E-state index contributed by atoms with van der Waals surface area (Å²) in [5, 5.41) is 12.5. The summed E-state index contributed by atoms with van der Waals surface area (Å²) in [4.78, 5) is 12.5. The predicted molar refractivity (Wildman–Crippen MR) is 89.6 cm³/mol. The van der Waals surface area contributed by atoms with Crippen LogP contribution in [0.25, 0.3) is 0 Å². The number of nitrogens with one attached hydrogen (secondary N) is 1. The molecule has 9 heteroatoms. The molecule has 0 aromatic carbocycles. The quantitative estimate of drug-likeness (QED) is 0.635. The van der Waals surface area contributed by atoms with E-state index in [1.165, 1.54) is 11.8 Å². The second-order valence-electron chi connectivity index (χ2n) is 6.16. The number of sulfone groups is 1. The highest BCUT2D eigenvalue weighted by atomic mass is 32.2. The van der Waals surface area contributed by atoms with Crippen molar-refractivity contribution in [2.45, 2.75) is 49.4 Å². The summed E-state index contributed by atoms with van der Waals surface area (Å²) >= 11 is 1.39. The van der Waals surface area contributed by atoms with E-state index in [1.807, 2.05) is 6.26 Å². The van der Waals surface area contributed by atoms with Crippen LogP contribution in [0.5, 0.6) is 0 Å². The lowest BCUT2D eigenvalue weighted by Crippen LogP contribution is -2.29. The lowest BCUT2D eigenvalue weighted by Gasteiger charge is -2.18. The first-order valence-corrected chi connectivity index (χ1v) is 9.81. The Hall–Kier alpha value is -1.66. The summed E-state index contributed by atoms with van der Waals surface area (Å²) < 4.78 is 23.6. The van der Waals surface area contributed by atoms with E-state index < -0.39 is 14.6 Å². The molecule has 0 atom stereocenters. The molecule has 1 aromatic rings. The molecule has 0 bridgehead atoms. The summed E-state index contributed by atoms with van der Waals surface area (Å²) in [6, 6.07) is 1.73. The van der Waals surface area contributed by atoms with Gasteiger partial charge in [0.2, 0.25) is 5.95 Å². The molecule has 0 radical (unpaired) electrons. The molecule has 1 N–H and O–H groups in total. The van der Waals surface area contributed by atoms with Crippen molar-refractivity contribution in [2.24, 2.45) is 0 Å². The van der Waals surface area contributed by atoms with E-state index >= 15 is 0 Å². The zero-order chi connectivity index (χ0) is 17.3. The number of nitrogens with zero attached hydrogens (tertiary/aromatic N) is 4. The fourth-order valence-corrected chi connectivity index (χ4v) is 3.04. The molecule has 2 rings (SSSR count). The maximum atomic E-state index is 12.3. The Kier molecular flexibility index (Phi) is 4.96. The number of hydrogen-bond donors (Lipinski definition) is 1. The van der Waals surface area contributed by atoms with Crippen molar-refractivity contribution in [3.63, 3.8) is 0 Å². The standard InChI is InChI=1S/C14H19N5O2S2/c1-14(2,3)23(20,21)10(7-15)8-16-12-17-11(9-5-6-9)18-13(19-12)22-4/h8-9H,5-6H2,1-4H3,(H,16,17,18,19). The van der Waals surface area contributed by atoms with Crippen molar-refractivity contribution in [3.05, 3.63) is 16.9 Å². The third-order valence-electron chi connectivity index (χ3n) is 3.30. The normalized spacial score (nSPS) is 16.0. The van der Waals surface area contributed by atoms with Crippen LogP contribution in [0.4, 0.5) is 5.95 Å². The number of hydrogen-bond acceptors (Lipinski definition) is 8. The number of aromatic nitrogens is 3. The van der Waals surface area contributed by atoms with Crippen LogP contribution in [-0.4, -0.2) is 34.4 Å². The molecule has 0 spiro atoms. The monoisotopic (exact) mass is 353 g/mol. The van der Waals surface area contributed by atoms with Gasteiger partial charge in [-0.05, 0) is 39.9 Å². The largest absolute Gasteiger partial charge is 0.329 e. The predicted octanol–water partition coefficient (Wildman–Crippen LogP) is 2.46. The van der Waals surface area contributed by atoms with Crippen molar-refractivity contribution in [3.8, 4) is 6.07 Å². The minimum absolute atomic E-state index is 0.253. The molecule has 0 saturated heterocycles. The average Bonchev–Trinajstić information content (AvgIpc) is 3.30. The molecule has 1 aliphatic rings. The van der Waals surface area contributed by atoms with Gasteiger partial charge in [0.15, 0.2) is 19.9 Å². The van der Waals surface area contributed by atoms with E-state index in [1.54, 1.807) is 26.8 Å². The Morgan fingerprint density at radius 1 is 1.35 bits per heavy atom. The van der Waals surface area contributed by atoms with Crippen LogP contribution in [0.2, 0.25) is 0 Å². The van der Waals surface area contributed by atoms with Crippen LogP contribution in [0.15, 0.2) is 16.3 Å². The molecule has 124 valence electrons. The van der Waals surface area contributed by atoms with E-state index in [-0.39, 0.29) is 10.9 Å².